The van der Waals surface area contributed by atoms with Crippen LogP contribution in [-0.4, -0.2) is 24.4 Å². The summed E-state index contributed by atoms with van der Waals surface area (Å²) in [6, 6.07) is 29.2. The molecule has 3 aromatic carbocycles. The Balaban J connectivity index is 1.48. The average Bonchev–Trinajstić information content (AvgIpc) is 2.77. The van der Waals surface area contributed by atoms with E-state index < -0.39 is 6.10 Å². The highest BCUT2D eigenvalue weighted by atomic mass is 16.5. The molecule has 3 nitrogen and oxygen atoms in total. The fraction of sp³-hybridized carbons (Fsp3) is 0.280. The second-order valence-electron chi connectivity index (χ2n) is 7.13. The number of ether oxygens (including phenoxy) is 1. The summed E-state index contributed by atoms with van der Waals surface area (Å²) < 4.78 is 5.79. The summed E-state index contributed by atoms with van der Waals surface area (Å²) in [4.78, 5) is 0. The predicted octanol–water partition coefficient (Wildman–Crippen LogP) is 4.20. The maximum atomic E-state index is 10.4. The van der Waals surface area contributed by atoms with Gasteiger partial charge in [-0.1, -0.05) is 86.1 Å². The minimum absolute atomic E-state index is 0.300. The quantitative estimate of drug-likeness (QED) is 0.557. The van der Waals surface area contributed by atoms with Gasteiger partial charge in [0.05, 0.1) is 0 Å². The molecule has 0 bridgehead atoms. The second-order valence-corrected chi connectivity index (χ2v) is 7.13. The van der Waals surface area contributed by atoms with Crippen molar-refractivity contribution in [3.8, 4) is 16.9 Å². The van der Waals surface area contributed by atoms with Gasteiger partial charge in [-0.25, -0.2) is 0 Å². The van der Waals surface area contributed by atoms with E-state index in [0.717, 1.165) is 24.2 Å². The lowest BCUT2D eigenvalue weighted by molar-refractivity contribution is -0.702. The maximum Gasteiger partial charge on any atom is 0.137 e. The highest BCUT2D eigenvalue weighted by Gasteiger charge is 2.16. The van der Waals surface area contributed by atoms with Gasteiger partial charge in [0, 0.05) is 12.0 Å². The molecule has 0 radical (unpaired) electrons. The lowest BCUT2D eigenvalue weighted by Crippen LogP contribution is -2.87. The monoisotopic (exact) mass is 376 g/mol. The number of benzene rings is 3. The van der Waals surface area contributed by atoms with Crippen molar-refractivity contribution in [1.82, 2.24) is 0 Å². The van der Waals surface area contributed by atoms with Crippen molar-refractivity contribution in [2.24, 2.45) is 0 Å². The minimum atomic E-state index is -0.503. The van der Waals surface area contributed by atoms with E-state index in [4.69, 9.17) is 4.74 Å². The molecule has 0 fully saturated rings. The third-order valence-electron chi connectivity index (χ3n) is 4.92. The molecule has 0 heterocycles. The van der Waals surface area contributed by atoms with Crippen LogP contribution in [0.25, 0.3) is 11.1 Å². The molecule has 2 atom stereocenters. The summed E-state index contributed by atoms with van der Waals surface area (Å²) in [6.07, 6.45) is 1.71. The summed E-state index contributed by atoms with van der Waals surface area (Å²) in [5.74, 6) is 0.784. The van der Waals surface area contributed by atoms with E-state index in [2.05, 4.69) is 60.8 Å². The van der Waals surface area contributed by atoms with E-state index in [1.807, 2.05) is 36.4 Å². The van der Waals surface area contributed by atoms with Crippen LogP contribution in [0, 0.1) is 0 Å². The maximum absolute atomic E-state index is 10.4. The molecule has 0 spiro atoms. The number of quaternary nitrogens is 1. The summed E-state index contributed by atoms with van der Waals surface area (Å²) in [6.45, 7) is 3.12. The summed E-state index contributed by atoms with van der Waals surface area (Å²) in [5, 5.41) is 12.6. The van der Waals surface area contributed by atoms with Crippen molar-refractivity contribution < 1.29 is 15.2 Å². The van der Waals surface area contributed by atoms with Crippen LogP contribution in [0.2, 0.25) is 0 Å². The zero-order chi connectivity index (χ0) is 19.6. The van der Waals surface area contributed by atoms with Gasteiger partial charge in [0.15, 0.2) is 0 Å². The third kappa shape index (κ3) is 5.95. The van der Waals surface area contributed by atoms with Gasteiger partial charge in [0.25, 0.3) is 0 Å². The van der Waals surface area contributed by atoms with Crippen molar-refractivity contribution in [3.05, 3.63) is 90.5 Å². The summed E-state index contributed by atoms with van der Waals surface area (Å²) in [7, 11) is 0. The lowest BCUT2D eigenvalue weighted by Gasteiger charge is -2.18. The molecule has 146 valence electrons. The Morgan fingerprint density at radius 3 is 2.07 bits per heavy atom. The molecule has 0 aliphatic rings. The highest BCUT2D eigenvalue weighted by molar-refractivity contribution is 5.63. The standard InChI is InChI=1S/C25H29NO2/c1-2-9-25(22-12-7-4-8-13-22)26-18-23(27)19-28-24-16-14-21(15-17-24)20-10-5-3-6-11-20/h3-8,10-17,23,25-27H,2,9,18-19H2,1H3/p+1/t23-,25+/m1/s1. The Hall–Kier alpha value is -2.62. The fourth-order valence-electron chi connectivity index (χ4n) is 3.39. The number of aliphatic hydroxyl groups excluding tert-OH is 1. The van der Waals surface area contributed by atoms with Crippen LogP contribution in [0.15, 0.2) is 84.9 Å². The van der Waals surface area contributed by atoms with Crippen molar-refractivity contribution >= 4 is 0 Å². The SMILES string of the molecule is CCC[C@H]([NH2+]C[C@@H](O)COc1ccc(-c2ccccc2)cc1)c1ccccc1. The molecule has 0 aliphatic heterocycles. The highest BCUT2D eigenvalue weighted by Crippen LogP contribution is 2.22. The van der Waals surface area contributed by atoms with Crippen LogP contribution < -0.4 is 10.1 Å². The third-order valence-corrected chi connectivity index (χ3v) is 4.92. The van der Waals surface area contributed by atoms with Gasteiger partial charge in [-0.3, -0.25) is 0 Å². The smallest absolute Gasteiger partial charge is 0.137 e. The van der Waals surface area contributed by atoms with Gasteiger partial charge in [-0.15, -0.1) is 0 Å². The van der Waals surface area contributed by atoms with Crippen molar-refractivity contribution in [3.63, 3.8) is 0 Å². The van der Waals surface area contributed by atoms with Gasteiger partial charge in [0.1, 0.15) is 31.0 Å². The molecule has 3 heteroatoms. The first-order valence-corrected chi connectivity index (χ1v) is 10.1. The van der Waals surface area contributed by atoms with Crippen molar-refractivity contribution in [2.45, 2.75) is 31.9 Å². The zero-order valence-electron chi connectivity index (χ0n) is 16.5. The lowest BCUT2D eigenvalue weighted by atomic mass is 10.0. The van der Waals surface area contributed by atoms with Crippen molar-refractivity contribution in [2.75, 3.05) is 13.2 Å². The largest absolute Gasteiger partial charge is 0.491 e. The van der Waals surface area contributed by atoms with E-state index >= 15 is 0 Å². The first kappa shape index (κ1) is 20.1. The Morgan fingerprint density at radius 1 is 0.821 bits per heavy atom. The molecule has 3 rings (SSSR count). The molecule has 28 heavy (non-hydrogen) atoms. The van der Waals surface area contributed by atoms with Crippen LogP contribution in [0.4, 0.5) is 0 Å². The normalized spacial score (nSPS) is 13.1. The Labute approximate surface area is 168 Å². The first-order valence-electron chi connectivity index (χ1n) is 10.1. The molecular formula is C25H30NO2+. The van der Waals surface area contributed by atoms with Crippen LogP contribution in [0.3, 0.4) is 0 Å². The van der Waals surface area contributed by atoms with E-state index in [9.17, 15) is 5.11 Å². The van der Waals surface area contributed by atoms with Crippen LogP contribution in [-0.2, 0) is 0 Å². The van der Waals surface area contributed by atoms with Gasteiger partial charge in [-0.05, 0) is 23.3 Å². The molecular weight excluding hydrogens is 346 g/mol. The summed E-state index contributed by atoms with van der Waals surface area (Å²) in [5.41, 5.74) is 3.66. The van der Waals surface area contributed by atoms with Crippen LogP contribution >= 0.6 is 0 Å². The average molecular weight is 377 g/mol. The number of aliphatic hydroxyl groups is 1. The van der Waals surface area contributed by atoms with E-state index in [1.54, 1.807) is 0 Å². The van der Waals surface area contributed by atoms with E-state index in [-0.39, 0.29) is 0 Å². The van der Waals surface area contributed by atoms with Gasteiger partial charge >= 0.3 is 0 Å². The van der Waals surface area contributed by atoms with Gasteiger partial charge < -0.3 is 15.2 Å². The van der Waals surface area contributed by atoms with E-state index in [1.165, 1.54) is 11.1 Å². The zero-order valence-corrected chi connectivity index (χ0v) is 16.5. The molecule has 0 saturated heterocycles. The Morgan fingerprint density at radius 2 is 1.43 bits per heavy atom. The van der Waals surface area contributed by atoms with Gasteiger partial charge in [0.2, 0.25) is 0 Å². The topological polar surface area (TPSA) is 46.1 Å². The van der Waals surface area contributed by atoms with E-state index in [0.29, 0.717) is 19.2 Å². The number of rotatable bonds is 10. The first-order chi connectivity index (χ1) is 13.8. The number of hydrogen-bond donors (Lipinski definition) is 2. The minimum Gasteiger partial charge on any atom is -0.491 e. The molecule has 0 unspecified atom stereocenters. The van der Waals surface area contributed by atoms with Crippen molar-refractivity contribution in [1.29, 1.82) is 0 Å². The molecule has 0 aromatic heterocycles. The summed E-state index contributed by atoms with van der Waals surface area (Å²) >= 11 is 0. The molecule has 0 amide bonds. The molecule has 3 N–H and O–H groups in total. The molecule has 3 aromatic rings. The molecule has 0 aliphatic carbocycles. The number of hydrogen-bond acceptors (Lipinski definition) is 2. The number of nitrogens with two attached hydrogens (primary N) is 1. The molecule has 0 saturated carbocycles. The fourth-order valence-corrected chi connectivity index (χ4v) is 3.39. The van der Waals surface area contributed by atoms with Crippen LogP contribution in [0.1, 0.15) is 31.4 Å². The predicted molar refractivity (Wildman–Crippen MR) is 114 cm³/mol. The second kappa shape index (κ2) is 10.6. The van der Waals surface area contributed by atoms with Gasteiger partial charge in [-0.2, -0.15) is 0 Å². The Kier molecular flexibility index (Phi) is 7.65. The Bertz CT molecular complexity index is 803. The van der Waals surface area contributed by atoms with Crippen LogP contribution in [0.5, 0.6) is 5.75 Å².